The van der Waals surface area contributed by atoms with Crippen LogP contribution in [0.5, 0.6) is 5.75 Å². The highest BCUT2D eigenvalue weighted by Crippen LogP contribution is 2.28. The Hall–Kier alpha value is -2.97. The molecule has 0 aliphatic rings. The molecule has 0 saturated carbocycles. The maximum Gasteiger partial charge on any atom is 0.329 e. The van der Waals surface area contributed by atoms with E-state index in [0.717, 1.165) is 11.3 Å². The predicted molar refractivity (Wildman–Crippen MR) is 119 cm³/mol. The average molecular weight is 443 g/mol. The van der Waals surface area contributed by atoms with Crippen molar-refractivity contribution in [2.45, 2.75) is 17.5 Å². The summed E-state index contributed by atoms with van der Waals surface area (Å²) in [6.07, 6.45) is 0. The number of aromatic nitrogens is 4. The molecule has 2 aromatic heterocycles. The molecule has 0 saturated heterocycles. The maximum atomic E-state index is 12.5. The zero-order valence-corrected chi connectivity index (χ0v) is 17.7. The first kappa shape index (κ1) is 20.3. The van der Waals surface area contributed by atoms with Crippen molar-refractivity contribution in [1.29, 1.82) is 0 Å². The van der Waals surface area contributed by atoms with Gasteiger partial charge in [0, 0.05) is 17.8 Å². The molecule has 0 bridgehead atoms. The minimum atomic E-state index is -0.500. The van der Waals surface area contributed by atoms with E-state index in [0.29, 0.717) is 40.2 Å². The number of aryl methyl sites for hydroxylation is 1. The lowest BCUT2D eigenvalue weighted by atomic mass is 10.2. The van der Waals surface area contributed by atoms with Gasteiger partial charge in [0.25, 0.3) is 5.56 Å². The molecule has 4 rings (SSSR count). The SMILES string of the molecule is Cn1c(=O)[nH]c(=O)c2c1nc(SCc1ccccc1Cl)n2CCOc1ccccc1. The molecule has 9 heteroatoms. The fourth-order valence-electron chi connectivity index (χ4n) is 3.06. The quantitative estimate of drug-likeness (QED) is 0.443. The molecule has 0 aliphatic heterocycles. The van der Waals surface area contributed by atoms with E-state index in [1.807, 2.05) is 54.6 Å². The number of H-pyrrole nitrogens is 1. The molecule has 0 radical (unpaired) electrons. The van der Waals surface area contributed by atoms with Gasteiger partial charge in [0.15, 0.2) is 16.3 Å². The molecule has 0 atom stereocenters. The van der Waals surface area contributed by atoms with Gasteiger partial charge < -0.3 is 9.30 Å². The Bertz CT molecular complexity index is 1300. The molecule has 2 aromatic carbocycles. The van der Waals surface area contributed by atoms with E-state index in [-0.39, 0.29) is 0 Å². The van der Waals surface area contributed by atoms with Gasteiger partial charge >= 0.3 is 5.69 Å². The maximum absolute atomic E-state index is 12.5. The molecule has 30 heavy (non-hydrogen) atoms. The molecule has 154 valence electrons. The van der Waals surface area contributed by atoms with Gasteiger partial charge in [0.2, 0.25) is 0 Å². The van der Waals surface area contributed by atoms with Crippen LogP contribution in [0.1, 0.15) is 5.56 Å². The zero-order chi connectivity index (χ0) is 21.1. The summed E-state index contributed by atoms with van der Waals surface area (Å²) in [6, 6.07) is 17.0. The van der Waals surface area contributed by atoms with E-state index in [2.05, 4.69) is 9.97 Å². The number of halogens is 1. The number of nitrogens with one attached hydrogen (secondary N) is 1. The Labute approximate surface area is 181 Å². The molecule has 0 fully saturated rings. The summed E-state index contributed by atoms with van der Waals surface area (Å²) in [7, 11) is 1.58. The van der Waals surface area contributed by atoms with Gasteiger partial charge in [-0.3, -0.25) is 14.3 Å². The zero-order valence-electron chi connectivity index (χ0n) is 16.2. The third-order valence-electron chi connectivity index (χ3n) is 4.61. The lowest BCUT2D eigenvalue weighted by Gasteiger charge is -2.10. The number of thioether (sulfide) groups is 1. The minimum Gasteiger partial charge on any atom is -0.492 e. The second-order valence-electron chi connectivity index (χ2n) is 6.58. The monoisotopic (exact) mass is 442 g/mol. The van der Waals surface area contributed by atoms with Gasteiger partial charge in [-0.15, -0.1) is 0 Å². The van der Waals surface area contributed by atoms with E-state index in [9.17, 15) is 9.59 Å². The lowest BCUT2D eigenvalue weighted by Crippen LogP contribution is -2.29. The van der Waals surface area contributed by atoms with Gasteiger partial charge in [0.05, 0.1) is 6.54 Å². The summed E-state index contributed by atoms with van der Waals surface area (Å²) >= 11 is 7.72. The number of hydrogen-bond acceptors (Lipinski definition) is 5. The van der Waals surface area contributed by atoms with Gasteiger partial charge in [0.1, 0.15) is 12.4 Å². The van der Waals surface area contributed by atoms with Gasteiger partial charge in [-0.05, 0) is 23.8 Å². The largest absolute Gasteiger partial charge is 0.492 e. The van der Waals surface area contributed by atoms with Crippen molar-refractivity contribution in [3.05, 3.63) is 86.0 Å². The highest BCUT2D eigenvalue weighted by atomic mass is 35.5. The summed E-state index contributed by atoms with van der Waals surface area (Å²) in [5, 5.41) is 1.29. The van der Waals surface area contributed by atoms with E-state index in [4.69, 9.17) is 16.3 Å². The van der Waals surface area contributed by atoms with Crippen molar-refractivity contribution in [3.63, 3.8) is 0 Å². The van der Waals surface area contributed by atoms with Crippen molar-refractivity contribution < 1.29 is 4.74 Å². The van der Waals surface area contributed by atoms with E-state index in [1.165, 1.54) is 16.3 Å². The highest BCUT2D eigenvalue weighted by Gasteiger charge is 2.18. The number of rotatable bonds is 7. The summed E-state index contributed by atoms with van der Waals surface area (Å²) in [5.74, 6) is 1.32. The molecular weight excluding hydrogens is 424 g/mol. The molecule has 1 N–H and O–H groups in total. The van der Waals surface area contributed by atoms with Crippen LogP contribution in [0.25, 0.3) is 11.2 Å². The van der Waals surface area contributed by atoms with Gasteiger partial charge in [-0.1, -0.05) is 59.8 Å². The number of para-hydroxylation sites is 1. The summed E-state index contributed by atoms with van der Waals surface area (Å²) in [5.41, 5.74) is 0.678. The number of hydrogen-bond donors (Lipinski definition) is 1. The van der Waals surface area contributed by atoms with Crippen LogP contribution in [-0.2, 0) is 19.3 Å². The minimum absolute atomic E-state index is 0.338. The fourth-order valence-corrected chi connectivity index (χ4v) is 4.37. The lowest BCUT2D eigenvalue weighted by molar-refractivity contribution is 0.295. The second-order valence-corrected chi connectivity index (χ2v) is 7.93. The van der Waals surface area contributed by atoms with Crippen molar-refractivity contribution in [3.8, 4) is 5.75 Å². The third-order valence-corrected chi connectivity index (χ3v) is 6.01. The number of ether oxygens (including phenoxy) is 1. The first-order valence-corrected chi connectivity index (χ1v) is 10.6. The Kier molecular flexibility index (Phi) is 5.96. The predicted octanol–water partition coefficient (Wildman–Crippen LogP) is 3.45. The van der Waals surface area contributed by atoms with Crippen LogP contribution in [0.3, 0.4) is 0 Å². The molecule has 0 unspecified atom stereocenters. The second kappa shape index (κ2) is 8.81. The molecule has 7 nitrogen and oxygen atoms in total. The van der Waals surface area contributed by atoms with Crippen LogP contribution in [0.4, 0.5) is 0 Å². The van der Waals surface area contributed by atoms with Crippen LogP contribution in [0.15, 0.2) is 69.3 Å². The van der Waals surface area contributed by atoms with Crippen LogP contribution < -0.4 is 16.0 Å². The molecule has 2 heterocycles. The number of nitrogens with zero attached hydrogens (tertiary/aromatic N) is 3. The third kappa shape index (κ3) is 4.15. The number of aromatic amines is 1. The summed E-state index contributed by atoms with van der Waals surface area (Å²) < 4.78 is 8.93. The molecule has 4 aromatic rings. The number of fused-ring (bicyclic) bond motifs is 1. The summed E-state index contributed by atoms with van der Waals surface area (Å²) in [4.78, 5) is 31.5. The molecule has 0 aliphatic carbocycles. The van der Waals surface area contributed by atoms with Gasteiger partial charge in [-0.25, -0.2) is 9.78 Å². The topological polar surface area (TPSA) is 81.9 Å². The Balaban J connectivity index is 1.67. The normalized spacial score (nSPS) is 11.1. The van der Waals surface area contributed by atoms with Crippen LogP contribution in [-0.4, -0.2) is 25.7 Å². The van der Waals surface area contributed by atoms with Crippen LogP contribution in [0, 0.1) is 0 Å². The molecule has 0 spiro atoms. The number of imidazole rings is 1. The van der Waals surface area contributed by atoms with E-state index >= 15 is 0 Å². The van der Waals surface area contributed by atoms with Crippen molar-refractivity contribution in [1.82, 2.24) is 19.1 Å². The van der Waals surface area contributed by atoms with Crippen LogP contribution in [0.2, 0.25) is 5.02 Å². The van der Waals surface area contributed by atoms with Crippen molar-refractivity contribution >= 4 is 34.5 Å². The van der Waals surface area contributed by atoms with Crippen molar-refractivity contribution in [2.24, 2.45) is 7.05 Å². The average Bonchev–Trinajstić information content (AvgIpc) is 3.11. The standard InChI is InChI=1S/C21H19ClN4O3S/c1-25-18-17(19(27)24-20(25)28)26(11-12-29-15-8-3-2-4-9-15)21(23-18)30-13-14-7-5-6-10-16(14)22/h2-10H,11-13H2,1H3,(H,24,27,28). The molecular formula is C21H19ClN4O3S. The Morgan fingerprint density at radius 2 is 1.83 bits per heavy atom. The first-order valence-electron chi connectivity index (χ1n) is 9.28. The number of benzene rings is 2. The van der Waals surface area contributed by atoms with E-state index < -0.39 is 11.2 Å². The summed E-state index contributed by atoms with van der Waals surface area (Å²) in [6.45, 7) is 0.745. The molecule has 0 amide bonds. The van der Waals surface area contributed by atoms with Gasteiger partial charge in [-0.2, -0.15) is 0 Å². The highest BCUT2D eigenvalue weighted by molar-refractivity contribution is 7.98. The fraction of sp³-hybridized carbons (Fsp3) is 0.190. The van der Waals surface area contributed by atoms with Crippen LogP contribution >= 0.6 is 23.4 Å². The Morgan fingerprint density at radius 3 is 2.60 bits per heavy atom. The van der Waals surface area contributed by atoms with Crippen molar-refractivity contribution in [2.75, 3.05) is 6.61 Å². The Morgan fingerprint density at radius 1 is 1.10 bits per heavy atom. The smallest absolute Gasteiger partial charge is 0.329 e. The van der Waals surface area contributed by atoms with E-state index in [1.54, 1.807) is 11.6 Å². The first-order chi connectivity index (χ1) is 14.5.